The van der Waals surface area contributed by atoms with Crippen molar-refractivity contribution in [2.75, 3.05) is 7.11 Å². The summed E-state index contributed by atoms with van der Waals surface area (Å²) < 4.78 is 11.7. The van der Waals surface area contributed by atoms with Gasteiger partial charge in [0.1, 0.15) is 5.71 Å². The summed E-state index contributed by atoms with van der Waals surface area (Å²) in [5.74, 6) is 1.65. The van der Waals surface area contributed by atoms with Crippen molar-refractivity contribution in [3.63, 3.8) is 0 Å². The van der Waals surface area contributed by atoms with Crippen molar-refractivity contribution in [1.29, 1.82) is 0 Å². The standard InChI is InChI=1S/C25H29N3O2S/c1-14-9-15(2)21(16(3)10-14)25(4)12-18(13-25)22(27-28-24(26)31)20-11-17-7-6-8-19(29-5)23(17)30-20/h6-11,18H,12-13H2,1-5H3,(H3,26,28,31). The minimum atomic E-state index is 0.0975. The Labute approximate surface area is 188 Å². The Kier molecular flexibility index (Phi) is 5.52. The molecule has 2 aromatic carbocycles. The third kappa shape index (κ3) is 3.92. The van der Waals surface area contributed by atoms with Gasteiger partial charge < -0.3 is 14.9 Å². The number of thiocarbonyl (C=S) groups is 1. The predicted molar refractivity (Wildman–Crippen MR) is 130 cm³/mol. The summed E-state index contributed by atoms with van der Waals surface area (Å²) in [6.45, 7) is 8.91. The predicted octanol–water partition coefficient (Wildman–Crippen LogP) is 5.27. The summed E-state index contributed by atoms with van der Waals surface area (Å²) >= 11 is 4.99. The molecule has 0 atom stereocenters. The molecule has 6 heteroatoms. The molecule has 1 aliphatic carbocycles. The van der Waals surface area contributed by atoms with Crippen LogP contribution in [-0.4, -0.2) is 17.9 Å². The number of nitrogens with zero attached hydrogens (tertiary/aromatic N) is 1. The number of para-hydroxylation sites is 1. The van der Waals surface area contributed by atoms with E-state index >= 15 is 0 Å². The molecule has 162 valence electrons. The van der Waals surface area contributed by atoms with E-state index in [9.17, 15) is 0 Å². The van der Waals surface area contributed by atoms with Crippen LogP contribution in [0.25, 0.3) is 11.0 Å². The second-order valence-electron chi connectivity index (χ2n) is 8.90. The van der Waals surface area contributed by atoms with E-state index in [4.69, 9.17) is 27.1 Å². The van der Waals surface area contributed by atoms with Gasteiger partial charge in [-0.2, -0.15) is 5.10 Å². The van der Waals surface area contributed by atoms with Crippen LogP contribution < -0.4 is 15.9 Å². The van der Waals surface area contributed by atoms with Crippen molar-refractivity contribution in [2.24, 2.45) is 16.8 Å². The van der Waals surface area contributed by atoms with Gasteiger partial charge in [-0.15, -0.1) is 0 Å². The van der Waals surface area contributed by atoms with Crippen molar-refractivity contribution in [1.82, 2.24) is 5.43 Å². The van der Waals surface area contributed by atoms with Crippen molar-refractivity contribution in [3.05, 3.63) is 64.4 Å². The lowest BCUT2D eigenvalue weighted by Crippen LogP contribution is -2.44. The minimum Gasteiger partial charge on any atom is -0.493 e. The number of hydrogen-bond acceptors (Lipinski definition) is 4. The first-order valence-corrected chi connectivity index (χ1v) is 10.9. The van der Waals surface area contributed by atoms with Crippen molar-refractivity contribution < 1.29 is 9.15 Å². The van der Waals surface area contributed by atoms with Gasteiger partial charge in [0.2, 0.25) is 0 Å². The van der Waals surface area contributed by atoms with Crippen LogP contribution in [0.1, 0.15) is 47.8 Å². The first-order chi connectivity index (χ1) is 14.7. The fraction of sp³-hybridized carbons (Fsp3) is 0.360. The van der Waals surface area contributed by atoms with Gasteiger partial charge in [0.15, 0.2) is 22.2 Å². The second kappa shape index (κ2) is 8.00. The molecule has 0 unspecified atom stereocenters. The Morgan fingerprint density at radius 1 is 1.19 bits per heavy atom. The summed E-state index contributed by atoms with van der Waals surface area (Å²) in [4.78, 5) is 0. The largest absolute Gasteiger partial charge is 0.493 e. The molecule has 31 heavy (non-hydrogen) atoms. The van der Waals surface area contributed by atoms with Gasteiger partial charge in [-0.3, -0.25) is 5.43 Å². The van der Waals surface area contributed by atoms with E-state index in [-0.39, 0.29) is 16.4 Å². The molecule has 3 N–H and O–H groups in total. The molecule has 1 aromatic heterocycles. The van der Waals surface area contributed by atoms with Gasteiger partial charge >= 0.3 is 0 Å². The monoisotopic (exact) mass is 435 g/mol. The molecular formula is C25H29N3O2S. The molecular weight excluding hydrogens is 406 g/mol. The molecule has 3 aromatic rings. The van der Waals surface area contributed by atoms with Crippen LogP contribution in [0.5, 0.6) is 5.75 Å². The molecule has 4 rings (SSSR count). The number of methoxy groups -OCH3 is 1. The van der Waals surface area contributed by atoms with Crippen LogP contribution in [0.15, 0.2) is 45.9 Å². The summed E-state index contributed by atoms with van der Waals surface area (Å²) in [6, 6.07) is 12.4. The topological polar surface area (TPSA) is 72.8 Å². The Morgan fingerprint density at radius 3 is 2.48 bits per heavy atom. The van der Waals surface area contributed by atoms with Gasteiger partial charge in [0, 0.05) is 11.3 Å². The molecule has 1 heterocycles. The van der Waals surface area contributed by atoms with Crippen molar-refractivity contribution >= 4 is 34.0 Å². The number of ether oxygens (including phenoxy) is 1. The number of nitrogens with one attached hydrogen (secondary N) is 1. The molecule has 1 aliphatic rings. The first-order valence-electron chi connectivity index (χ1n) is 10.5. The van der Waals surface area contributed by atoms with Crippen LogP contribution in [-0.2, 0) is 5.41 Å². The lowest BCUT2D eigenvalue weighted by atomic mass is 9.57. The third-order valence-corrected chi connectivity index (χ3v) is 6.42. The number of nitrogens with two attached hydrogens (primary N) is 1. The average Bonchev–Trinajstić information content (AvgIpc) is 3.09. The lowest BCUT2D eigenvalue weighted by molar-refractivity contribution is 0.214. The van der Waals surface area contributed by atoms with Crippen molar-refractivity contribution in [2.45, 2.75) is 46.0 Å². The zero-order valence-corrected chi connectivity index (χ0v) is 19.5. The Balaban J connectivity index is 1.69. The first kappa shape index (κ1) is 21.4. The van der Waals surface area contributed by atoms with Crippen LogP contribution in [0.2, 0.25) is 0 Å². The second-order valence-corrected chi connectivity index (χ2v) is 9.34. The summed E-state index contributed by atoms with van der Waals surface area (Å²) in [5.41, 5.74) is 15.5. The summed E-state index contributed by atoms with van der Waals surface area (Å²) in [6.07, 6.45) is 1.95. The normalized spacial score (nSPS) is 21.1. The van der Waals surface area contributed by atoms with E-state index in [0.717, 1.165) is 29.5 Å². The van der Waals surface area contributed by atoms with Crippen LogP contribution >= 0.6 is 12.2 Å². The molecule has 0 aliphatic heterocycles. The molecule has 0 amide bonds. The number of aryl methyl sites for hydroxylation is 3. The summed E-state index contributed by atoms with van der Waals surface area (Å²) in [7, 11) is 1.64. The Bertz CT molecular complexity index is 1170. The van der Waals surface area contributed by atoms with Crippen molar-refractivity contribution in [3.8, 4) is 5.75 Å². The van der Waals surface area contributed by atoms with E-state index in [2.05, 4.69) is 50.4 Å². The maximum absolute atomic E-state index is 6.20. The number of hydrazone groups is 1. The SMILES string of the molecule is COc1cccc2cc(C(=NNC(N)=S)C3CC(C)(c4c(C)cc(C)cc4C)C3)oc12. The van der Waals surface area contributed by atoms with Crippen LogP contribution in [0.3, 0.4) is 0 Å². The van der Waals surface area contributed by atoms with E-state index in [1.807, 2.05) is 24.3 Å². The fourth-order valence-corrected chi connectivity index (χ4v) is 5.39. The zero-order valence-electron chi connectivity index (χ0n) is 18.7. The maximum Gasteiger partial charge on any atom is 0.184 e. The molecule has 1 saturated carbocycles. The number of hydrogen-bond donors (Lipinski definition) is 2. The van der Waals surface area contributed by atoms with Gasteiger partial charge in [-0.1, -0.05) is 36.8 Å². The van der Waals surface area contributed by atoms with E-state index in [0.29, 0.717) is 11.5 Å². The van der Waals surface area contributed by atoms with E-state index in [1.165, 1.54) is 22.3 Å². The van der Waals surface area contributed by atoms with Gasteiger partial charge in [0.05, 0.1) is 7.11 Å². The lowest BCUT2D eigenvalue weighted by Gasteiger charge is -2.47. The molecule has 1 fully saturated rings. The highest BCUT2D eigenvalue weighted by atomic mass is 32.1. The molecule has 0 saturated heterocycles. The smallest absolute Gasteiger partial charge is 0.184 e. The molecule has 5 nitrogen and oxygen atoms in total. The highest BCUT2D eigenvalue weighted by Gasteiger charge is 2.46. The quantitative estimate of drug-likeness (QED) is 0.324. The van der Waals surface area contributed by atoms with Crippen LogP contribution in [0.4, 0.5) is 0 Å². The minimum absolute atomic E-state index is 0.0975. The summed E-state index contributed by atoms with van der Waals surface area (Å²) in [5, 5.41) is 5.66. The Hall–Kier alpha value is -2.86. The molecule has 0 bridgehead atoms. The van der Waals surface area contributed by atoms with Gasteiger partial charge in [-0.25, -0.2) is 0 Å². The fourth-order valence-electron chi connectivity index (χ4n) is 5.34. The highest BCUT2D eigenvalue weighted by molar-refractivity contribution is 7.80. The Morgan fingerprint density at radius 2 is 1.87 bits per heavy atom. The number of furan rings is 1. The van der Waals surface area contributed by atoms with Gasteiger partial charge in [-0.05, 0) is 80.1 Å². The number of fused-ring (bicyclic) bond motifs is 1. The average molecular weight is 436 g/mol. The van der Waals surface area contributed by atoms with Crippen LogP contribution in [0, 0.1) is 26.7 Å². The highest BCUT2D eigenvalue weighted by Crippen LogP contribution is 2.51. The number of benzene rings is 2. The van der Waals surface area contributed by atoms with Gasteiger partial charge in [0.25, 0.3) is 0 Å². The number of rotatable bonds is 5. The zero-order chi connectivity index (χ0) is 22.3. The molecule has 0 spiro atoms. The van der Waals surface area contributed by atoms with E-state index < -0.39 is 0 Å². The third-order valence-electron chi connectivity index (χ3n) is 6.33. The molecule has 0 radical (unpaired) electrons. The maximum atomic E-state index is 6.20. The van der Waals surface area contributed by atoms with E-state index in [1.54, 1.807) is 7.11 Å².